The number of rotatable bonds is 6. The van der Waals surface area contributed by atoms with Gasteiger partial charge in [0, 0.05) is 51.0 Å². The molecule has 156 valence electrons. The zero-order chi connectivity index (χ0) is 19.2. The third kappa shape index (κ3) is 5.85. The number of nitrogens with zero attached hydrogens (tertiary/aromatic N) is 4. The van der Waals surface area contributed by atoms with Gasteiger partial charge in [-0.1, -0.05) is 6.07 Å². The fourth-order valence-electron chi connectivity index (χ4n) is 3.60. The van der Waals surface area contributed by atoms with Crippen LogP contribution in [0.15, 0.2) is 53.1 Å². The monoisotopic (exact) mass is 524 g/mol. The van der Waals surface area contributed by atoms with Gasteiger partial charge in [-0.15, -0.1) is 35.3 Å². The first-order valence-electron chi connectivity index (χ1n) is 10.1. The molecule has 0 saturated carbocycles. The number of imidazole rings is 1. The van der Waals surface area contributed by atoms with Crippen LogP contribution in [0.5, 0.6) is 0 Å². The number of anilines is 1. The minimum atomic E-state index is 0. The molecule has 6 nitrogen and oxygen atoms in total. The second-order valence-electron chi connectivity index (χ2n) is 7.07. The van der Waals surface area contributed by atoms with Crippen molar-refractivity contribution in [2.45, 2.75) is 32.2 Å². The number of fused-ring (bicyclic) bond motifs is 1. The first kappa shape index (κ1) is 21.9. The maximum absolute atomic E-state index is 4.78. The number of halogens is 1. The summed E-state index contributed by atoms with van der Waals surface area (Å²) >= 11 is 1.82. The molecule has 1 aliphatic heterocycles. The second-order valence-corrected chi connectivity index (χ2v) is 7.99. The topological polar surface area (TPSA) is 57.0 Å². The lowest BCUT2D eigenvalue weighted by Crippen LogP contribution is -2.48. The van der Waals surface area contributed by atoms with E-state index in [1.807, 2.05) is 35.7 Å². The first-order chi connectivity index (χ1) is 13.8. The molecule has 2 N–H and O–H groups in total. The molecule has 3 aromatic rings. The minimum absolute atomic E-state index is 0. The maximum atomic E-state index is 4.78. The van der Waals surface area contributed by atoms with Gasteiger partial charge in [0.2, 0.25) is 0 Å². The van der Waals surface area contributed by atoms with Crippen LogP contribution in [0, 0.1) is 0 Å². The van der Waals surface area contributed by atoms with Crippen LogP contribution in [0.3, 0.4) is 0 Å². The van der Waals surface area contributed by atoms with E-state index in [9.17, 15) is 0 Å². The van der Waals surface area contributed by atoms with Crippen molar-refractivity contribution in [1.29, 1.82) is 0 Å². The van der Waals surface area contributed by atoms with Crippen molar-refractivity contribution < 1.29 is 0 Å². The van der Waals surface area contributed by atoms with E-state index in [1.54, 1.807) is 0 Å². The molecule has 1 fully saturated rings. The number of aromatic nitrogens is 2. The van der Waals surface area contributed by atoms with Crippen LogP contribution in [0.25, 0.3) is 5.65 Å². The van der Waals surface area contributed by atoms with Gasteiger partial charge in [0.25, 0.3) is 0 Å². The van der Waals surface area contributed by atoms with E-state index in [2.05, 4.69) is 55.6 Å². The highest BCUT2D eigenvalue weighted by atomic mass is 127. The highest BCUT2D eigenvalue weighted by molar-refractivity contribution is 14.0. The SMILES string of the molecule is CCNC(=NCCc1cn2ccccc2n1)NC1CCN(c2cccs2)CC1.I. The summed E-state index contributed by atoms with van der Waals surface area (Å²) in [5.41, 5.74) is 2.07. The molecular formula is C21H29IN6S. The lowest BCUT2D eigenvalue weighted by Gasteiger charge is -2.33. The first-order valence-corrected chi connectivity index (χ1v) is 11.0. The Bertz CT molecular complexity index is 866. The molecule has 4 rings (SSSR count). The molecule has 0 amide bonds. The molecule has 0 atom stereocenters. The Morgan fingerprint density at radius 1 is 1.24 bits per heavy atom. The molecule has 8 heteroatoms. The van der Waals surface area contributed by atoms with Crippen molar-refractivity contribution in [2.24, 2.45) is 4.99 Å². The smallest absolute Gasteiger partial charge is 0.191 e. The van der Waals surface area contributed by atoms with Gasteiger partial charge in [0.15, 0.2) is 5.96 Å². The summed E-state index contributed by atoms with van der Waals surface area (Å²) in [6.45, 7) is 5.90. The highest BCUT2D eigenvalue weighted by Crippen LogP contribution is 2.24. The van der Waals surface area contributed by atoms with Gasteiger partial charge < -0.3 is 19.9 Å². The molecule has 0 unspecified atom stereocenters. The summed E-state index contributed by atoms with van der Waals surface area (Å²) in [5, 5.41) is 10.5. The van der Waals surface area contributed by atoms with E-state index in [-0.39, 0.29) is 24.0 Å². The lowest BCUT2D eigenvalue weighted by molar-refractivity contribution is 0.463. The highest BCUT2D eigenvalue weighted by Gasteiger charge is 2.20. The fraction of sp³-hybridized carbons (Fsp3) is 0.429. The largest absolute Gasteiger partial charge is 0.363 e. The summed E-state index contributed by atoms with van der Waals surface area (Å²) in [4.78, 5) is 11.9. The van der Waals surface area contributed by atoms with Crippen LogP contribution < -0.4 is 15.5 Å². The van der Waals surface area contributed by atoms with E-state index in [1.165, 1.54) is 5.00 Å². The van der Waals surface area contributed by atoms with E-state index < -0.39 is 0 Å². The van der Waals surface area contributed by atoms with Crippen LogP contribution in [0.2, 0.25) is 0 Å². The van der Waals surface area contributed by atoms with E-state index in [0.717, 1.165) is 62.7 Å². The number of nitrogens with one attached hydrogen (secondary N) is 2. The van der Waals surface area contributed by atoms with Gasteiger partial charge in [-0.25, -0.2) is 4.98 Å². The Hall–Kier alpha value is -1.81. The number of thiophene rings is 1. The zero-order valence-electron chi connectivity index (χ0n) is 16.8. The average Bonchev–Trinajstić information content (AvgIpc) is 3.38. The quantitative estimate of drug-likeness (QED) is 0.293. The van der Waals surface area contributed by atoms with Crippen molar-refractivity contribution >= 4 is 51.9 Å². The molecular weight excluding hydrogens is 495 g/mol. The van der Waals surface area contributed by atoms with Crippen molar-refractivity contribution in [3.63, 3.8) is 0 Å². The number of guanidine groups is 1. The summed E-state index contributed by atoms with van der Waals surface area (Å²) in [7, 11) is 0. The average molecular weight is 524 g/mol. The zero-order valence-corrected chi connectivity index (χ0v) is 19.9. The van der Waals surface area contributed by atoms with Crippen LogP contribution in [0.1, 0.15) is 25.5 Å². The maximum Gasteiger partial charge on any atom is 0.191 e. The summed E-state index contributed by atoms with van der Waals surface area (Å²) in [6, 6.07) is 10.9. The van der Waals surface area contributed by atoms with Crippen LogP contribution in [0.4, 0.5) is 5.00 Å². The molecule has 4 heterocycles. The van der Waals surface area contributed by atoms with Gasteiger partial charge in [-0.05, 0) is 49.4 Å². The van der Waals surface area contributed by atoms with Gasteiger partial charge in [0.1, 0.15) is 5.65 Å². The summed E-state index contributed by atoms with van der Waals surface area (Å²) in [6.07, 6.45) is 7.23. The molecule has 0 bridgehead atoms. The van der Waals surface area contributed by atoms with Crippen LogP contribution in [-0.2, 0) is 6.42 Å². The van der Waals surface area contributed by atoms with E-state index >= 15 is 0 Å². The molecule has 0 aliphatic carbocycles. The molecule has 3 aromatic heterocycles. The molecule has 1 aliphatic rings. The van der Waals surface area contributed by atoms with Gasteiger partial charge in [0.05, 0.1) is 10.7 Å². The lowest BCUT2D eigenvalue weighted by atomic mass is 10.1. The van der Waals surface area contributed by atoms with E-state index in [0.29, 0.717) is 6.04 Å². The third-order valence-corrected chi connectivity index (χ3v) is 5.98. The number of pyridine rings is 1. The second kappa shape index (κ2) is 10.8. The predicted molar refractivity (Wildman–Crippen MR) is 133 cm³/mol. The van der Waals surface area contributed by atoms with Crippen molar-refractivity contribution in [3.8, 4) is 0 Å². The summed E-state index contributed by atoms with van der Waals surface area (Å²) < 4.78 is 2.06. The fourth-order valence-corrected chi connectivity index (χ4v) is 4.38. The van der Waals surface area contributed by atoms with Crippen molar-refractivity contribution in [1.82, 2.24) is 20.0 Å². The summed E-state index contributed by atoms with van der Waals surface area (Å²) in [5.74, 6) is 0.917. The number of hydrogen-bond donors (Lipinski definition) is 2. The molecule has 29 heavy (non-hydrogen) atoms. The number of piperidine rings is 1. The van der Waals surface area contributed by atoms with Crippen molar-refractivity contribution in [3.05, 3.63) is 53.8 Å². The standard InChI is InChI=1S/C21H28N6S.HI/c1-2-22-21(23-11-8-18-16-27-12-4-3-6-19(27)24-18)25-17-9-13-26(14-10-17)20-7-5-15-28-20;/h3-7,12,15-17H,2,8-11,13-14H2,1H3,(H2,22,23,25);1H. The Labute approximate surface area is 193 Å². The molecule has 1 saturated heterocycles. The van der Waals surface area contributed by atoms with Gasteiger partial charge in [-0.3, -0.25) is 4.99 Å². The van der Waals surface area contributed by atoms with Gasteiger partial charge >= 0.3 is 0 Å². The molecule has 0 radical (unpaired) electrons. The Morgan fingerprint density at radius 3 is 2.83 bits per heavy atom. The Balaban J connectivity index is 0.00000240. The number of aliphatic imine (C=N–C) groups is 1. The molecule has 0 spiro atoms. The normalized spacial score (nSPS) is 15.3. The Kier molecular flexibility index (Phi) is 8.17. The Morgan fingerprint density at radius 2 is 2.10 bits per heavy atom. The number of hydrogen-bond acceptors (Lipinski definition) is 4. The van der Waals surface area contributed by atoms with Gasteiger partial charge in [-0.2, -0.15) is 0 Å². The third-order valence-electron chi connectivity index (χ3n) is 5.05. The van der Waals surface area contributed by atoms with Crippen LogP contribution in [-0.4, -0.2) is 47.6 Å². The van der Waals surface area contributed by atoms with Crippen molar-refractivity contribution in [2.75, 3.05) is 31.1 Å². The van der Waals surface area contributed by atoms with Crippen LogP contribution >= 0.6 is 35.3 Å². The molecule has 0 aromatic carbocycles. The van der Waals surface area contributed by atoms with E-state index in [4.69, 9.17) is 4.99 Å². The predicted octanol–water partition coefficient (Wildman–Crippen LogP) is 3.78. The minimum Gasteiger partial charge on any atom is -0.363 e.